The van der Waals surface area contributed by atoms with Gasteiger partial charge in [-0.1, -0.05) is 72.8 Å². The van der Waals surface area contributed by atoms with Crippen molar-refractivity contribution in [2.24, 2.45) is 11.0 Å². The Bertz CT molecular complexity index is 955. The summed E-state index contributed by atoms with van der Waals surface area (Å²) in [5.74, 6) is 1.07. The highest BCUT2D eigenvalue weighted by molar-refractivity contribution is 5.85. The zero-order valence-corrected chi connectivity index (χ0v) is 15.5. The van der Waals surface area contributed by atoms with Crippen LogP contribution in [0.15, 0.2) is 90.0 Å². The van der Waals surface area contributed by atoms with Gasteiger partial charge in [-0.05, 0) is 41.2 Å². The van der Waals surface area contributed by atoms with Gasteiger partial charge in [0, 0.05) is 5.92 Å². The molecule has 1 aliphatic carbocycles. The molecule has 0 aromatic heterocycles. The Kier molecular flexibility index (Phi) is 5.48. The predicted octanol–water partition coefficient (Wildman–Crippen LogP) is 4.52. The fourth-order valence-corrected chi connectivity index (χ4v) is 3.23. The number of rotatable bonds is 7. The molecule has 0 radical (unpaired) electrons. The first-order chi connectivity index (χ1) is 13.8. The fourth-order valence-electron chi connectivity index (χ4n) is 3.23. The molecular weight excluding hydrogens is 348 g/mol. The van der Waals surface area contributed by atoms with Gasteiger partial charge in [0.1, 0.15) is 12.4 Å². The van der Waals surface area contributed by atoms with Gasteiger partial charge in [-0.15, -0.1) is 0 Å². The summed E-state index contributed by atoms with van der Waals surface area (Å²) < 4.78 is 5.82. The van der Waals surface area contributed by atoms with Crippen LogP contribution in [0.5, 0.6) is 5.75 Å². The zero-order chi connectivity index (χ0) is 19.2. The third kappa shape index (κ3) is 4.65. The quantitative estimate of drug-likeness (QED) is 0.491. The van der Waals surface area contributed by atoms with Gasteiger partial charge in [-0.25, -0.2) is 5.43 Å². The molecule has 4 rings (SSSR count). The number of hydrazone groups is 1. The Morgan fingerprint density at radius 3 is 2.54 bits per heavy atom. The maximum absolute atomic E-state index is 12.3. The van der Waals surface area contributed by atoms with Crippen LogP contribution in [0.2, 0.25) is 0 Å². The predicted molar refractivity (Wildman–Crippen MR) is 110 cm³/mol. The second kappa shape index (κ2) is 8.53. The number of benzene rings is 3. The Morgan fingerprint density at radius 1 is 1.00 bits per heavy atom. The lowest BCUT2D eigenvalue weighted by atomic mass is 10.1. The lowest BCUT2D eigenvalue weighted by Gasteiger charge is -2.06. The highest BCUT2D eigenvalue weighted by atomic mass is 16.5. The van der Waals surface area contributed by atoms with Gasteiger partial charge >= 0.3 is 0 Å². The summed E-state index contributed by atoms with van der Waals surface area (Å²) in [5, 5.41) is 4.11. The van der Waals surface area contributed by atoms with Crippen LogP contribution in [0.25, 0.3) is 0 Å². The fraction of sp³-hybridized carbons (Fsp3) is 0.167. The standard InChI is InChI=1S/C24H22N2O2/c27-24(23-15-22(23)20-11-5-2-6-12-20)26-25-16-19-10-7-13-21(14-19)28-17-18-8-3-1-4-9-18/h1-14,16,22-23H,15,17H2,(H,26,27)/b25-16+. The molecule has 140 valence electrons. The first-order valence-electron chi connectivity index (χ1n) is 9.44. The van der Waals surface area contributed by atoms with E-state index in [0.29, 0.717) is 12.5 Å². The van der Waals surface area contributed by atoms with E-state index in [9.17, 15) is 4.79 Å². The summed E-state index contributed by atoms with van der Waals surface area (Å²) in [5.41, 5.74) is 5.87. The van der Waals surface area contributed by atoms with Crippen molar-refractivity contribution in [1.82, 2.24) is 5.43 Å². The van der Waals surface area contributed by atoms with E-state index >= 15 is 0 Å². The third-order valence-electron chi connectivity index (χ3n) is 4.85. The van der Waals surface area contributed by atoms with Gasteiger partial charge in [0.2, 0.25) is 5.91 Å². The van der Waals surface area contributed by atoms with E-state index in [1.165, 1.54) is 5.56 Å². The van der Waals surface area contributed by atoms with Crippen molar-refractivity contribution in [2.75, 3.05) is 0 Å². The highest BCUT2D eigenvalue weighted by Crippen LogP contribution is 2.47. The number of hydrogen-bond acceptors (Lipinski definition) is 3. The van der Waals surface area contributed by atoms with Crippen molar-refractivity contribution < 1.29 is 9.53 Å². The average Bonchev–Trinajstić information content (AvgIpc) is 3.55. The van der Waals surface area contributed by atoms with Crippen LogP contribution in [0.4, 0.5) is 0 Å². The Hall–Kier alpha value is -3.40. The van der Waals surface area contributed by atoms with Crippen LogP contribution >= 0.6 is 0 Å². The molecule has 2 atom stereocenters. The van der Waals surface area contributed by atoms with Crippen molar-refractivity contribution >= 4 is 12.1 Å². The summed E-state index contributed by atoms with van der Waals surface area (Å²) in [6.07, 6.45) is 2.53. The molecule has 1 amide bonds. The van der Waals surface area contributed by atoms with Crippen LogP contribution in [0.1, 0.15) is 29.0 Å². The largest absolute Gasteiger partial charge is 0.489 e. The maximum atomic E-state index is 12.3. The summed E-state index contributed by atoms with van der Waals surface area (Å²) in [6.45, 7) is 0.515. The minimum absolute atomic E-state index is 0.0140. The van der Waals surface area contributed by atoms with Gasteiger partial charge < -0.3 is 4.74 Å². The van der Waals surface area contributed by atoms with E-state index in [0.717, 1.165) is 23.3 Å². The Morgan fingerprint density at radius 2 is 1.75 bits per heavy atom. The highest BCUT2D eigenvalue weighted by Gasteiger charge is 2.43. The molecule has 1 saturated carbocycles. The molecule has 1 N–H and O–H groups in total. The van der Waals surface area contributed by atoms with E-state index in [1.54, 1.807) is 6.21 Å². The maximum Gasteiger partial charge on any atom is 0.243 e. The first-order valence-corrected chi connectivity index (χ1v) is 9.44. The molecule has 2 unspecified atom stereocenters. The molecule has 4 nitrogen and oxygen atoms in total. The van der Waals surface area contributed by atoms with Gasteiger partial charge in [0.25, 0.3) is 0 Å². The van der Waals surface area contributed by atoms with Crippen LogP contribution < -0.4 is 10.2 Å². The number of nitrogens with one attached hydrogen (secondary N) is 1. The molecule has 0 saturated heterocycles. The Balaban J connectivity index is 1.28. The molecule has 0 spiro atoms. The van der Waals surface area contributed by atoms with Crippen LogP contribution in [-0.4, -0.2) is 12.1 Å². The third-order valence-corrected chi connectivity index (χ3v) is 4.85. The minimum Gasteiger partial charge on any atom is -0.489 e. The van der Waals surface area contributed by atoms with Crippen molar-refractivity contribution in [3.05, 3.63) is 102 Å². The van der Waals surface area contributed by atoms with E-state index in [1.807, 2.05) is 72.8 Å². The lowest BCUT2D eigenvalue weighted by molar-refractivity contribution is -0.122. The minimum atomic E-state index is -0.0263. The van der Waals surface area contributed by atoms with E-state index in [2.05, 4.69) is 22.7 Å². The topological polar surface area (TPSA) is 50.7 Å². The summed E-state index contributed by atoms with van der Waals surface area (Å²) >= 11 is 0. The summed E-state index contributed by atoms with van der Waals surface area (Å²) in [7, 11) is 0. The van der Waals surface area contributed by atoms with E-state index in [-0.39, 0.29) is 11.8 Å². The molecule has 0 bridgehead atoms. The SMILES string of the molecule is O=C(N/N=C/c1cccc(OCc2ccccc2)c1)C1CC1c1ccccc1. The molecule has 0 heterocycles. The van der Waals surface area contributed by atoms with Gasteiger partial charge in [0.05, 0.1) is 6.21 Å². The molecule has 1 fully saturated rings. The number of carbonyl (C=O) groups is 1. The van der Waals surface area contributed by atoms with Crippen LogP contribution in [0, 0.1) is 5.92 Å². The normalized spacial score (nSPS) is 18.0. The second-order valence-corrected chi connectivity index (χ2v) is 6.94. The lowest BCUT2D eigenvalue weighted by Crippen LogP contribution is -2.20. The molecule has 4 heteroatoms. The molecular formula is C24H22N2O2. The molecule has 1 aliphatic rings. The van der Waals surface area contributed by atoms with Crippen LogP contribution in [0.3, 0.4) is 0 Å². The van der Waals surface area contributed by atoms with Crippen molar-refractivity contribution in [1.29, 1.82) is 0 Å². The Labute approximate surface area is 164 Å². The van der Waals surface area contributed by atoms with E-state index in [4.69, 9.17) is 4.74 Å². The summed E-state index contributed by atoms with van der Waals surface area (Å²) in [4.78, 5) is 12.3. The molecule has 3 aromatic rings. The monoisotopic (exact) mass is 370 g/mol. The zero-order valence-electron chi connectivity index (χ0n) is 15.5. The van der Waals surface area contributed by atoms with Gasteiger partial charge in [0.15, 0.2) is 0 Å². The molecule has 28 heavy (non-hydrogen) atoms. The van der Waals surface area contributed by atoms with Gasteiger partial charge in [-0.2, -0.15) is 5.10 Å². The smallest absolute Gasteiger partial charge is 0.243 e. The molecule has 0 aliphatic heterocycles. The number of nitrogens with zero attached hydrogens (tertiary/aromatic N) is 1. The van der Waals surface area contributed by atoms with Crippen LogP contribution in [-0.2, 0) is 11.4 Å². The average molecular weight is 370 g/mol. The molecule has 3 aromatic carbocycles. The first kappa shape index (κ1) is 18.0. The number of amides is 1. The van der Waals surface area contributed by atoms with Crippen molar-refractivity contribution in [2.45, 2.75) is 18.9 Å². The van der Waals surface area contributed by atoms with E-state index < -0.39 is 0 Å². The van der Waals surface area contributed by atoms with Crippen molar-refractivity contribution in [3.63, 3.8) is 0 Å². The summed E-state index contributed by atoms with van der Waals surface area (Å²) in [6, 6.07) is 27.8. The second-order valence-electron chi connectivity index (χ2n) is 6.94. The number of hydrogen-bond donors (Lipinski definition) is 1. The number of carbonyl (C=O) groups excluding carboxylic acids is 1. The van der Waals surface area contributed by atoms with Gasteiger partial charge in [-0.3, -0.25) is 4.79 Å². The number of ether oxygens (including phenoxy) is 1. The van der Waals surface area contributed by atoms with Crippen molar-refractivity contribution in [3.8, 4) is 5.75 Å².